The number of carbonyl (C=O) groups is 1. The van der Waals surface area contributed by atoms with Gasteiger partial charge in [0, 0.05) is 17.3 Å². The molecule has 1 aromatic rings. The molecule has 1 atom stereocenters. The van der Waals surface area contributed by atoms with Crippen LogP contribution in [0.3, 0.4) is 0 Å². The SMILES string of the molecule is CCc1ccc(C(=O)NCCCC(C)CCl)s1. The van der Waals surface area contributed by atoms with Gasteiger partial charge in [0.25, 0.3) is 5.91 Å². The van der Waals surface area contributed by atoms with E-state index in [2.05, 4.69) is 19.2 Å². The number of aryl methyl sites for hydroxylation is 1. The van der Waals surface area contributed by atoms with Crippen molar-refractivity contribution >= 4 is 28.8 Å². The van der Waals surface area contributed by atoms with Gasteiger partial charge in [0.05, 0.1) is 4.88 Å². The first kappa shape index (κ1) is 14.5. The van der Waals surface area contributed by atoms with Gasteiger partial charge in [-0.1, -0.05) is 13.8 Å². The van der Waals surface area contributed by atoms with Gasteiger partial charge < -0.3 is 5.32 Å². The zero-order chi connectivity index (χ0) is 12.7. The minimum Gasteiger partial charge on any atom is -0.351 e. The lowest BCUT2D eigenvalue weighted by Gasteiger charge is -2.07. The van der Waals surface area contributed by atoms with Crippen molar-refractivity contribution < 1.29 is 4.79 Å². The van der Waals surface area contributed by atoms with Crippen LogP contribution in [0.25, 0.3) is 0 Å². The van der Waals surface area contributed by atoms with Crippen LogP contribution in [0.15, 0.2) is 12.1 Å². The maximum atomic E-state index is 11.8. The predicted octanol–water partition coefficient (Wildman–Crippen LogP) is 3.70. The second-order valence-electron chi connectivity index (χ2n) is 4.28. The molecule has 0 radical (unpaired) electrons. The maximum Gasteiger partial charge on any atom is 0.261 e. The van der Waals surface area contributed by atoms with E-state index in [1.165, 1.54) is 4.88 Å². The molecule has 0 aromatic carbocycles. The van der Waals surface area contributed by atoms with Crippen LogP contribution < -0.4 is 5.32 Å². The average molecular weight is 274 g/mol. The third kappa shape index (κ3) is 5.09. The number of halogens is 1. The van der Waals surface area contributed by atoms with Gasteiger partial charge in [0.15, 0.2) is 0 Å². The number of thiophene rings is 1. The molecule has 0 saturated heterocycles. The Kier molecular flexibility index (Phi) is 6.60. The van der Waals surface area contributed by atoms with Gasteiger partial charge in [-0.25, -0.2) is 0 Å². The van der Waals surface area contributed by atoms with E-state index in [1.807, 2.05) is 12.1 Å². The highest BCUT2D eigenvalue weighted by Gasteiger charge is 2.08. The molecular formula is C13H20ClNOS. The molecular weight excluding hydrogens is 254 g/mol. The Hall–Kier alpha value is -0.540. The summed E-state index contributed by atoms with van der Waals surface area (Å²) in [7, 11) is 0. The van der Waals surface area contributed by atoms with E-state index in [0.29, 0.717) is 11.8 Å². The number of carbonyl (C=O) groups excluding carboxylic acids is 1. The smallest absolute Gasteiger partial charge is 0.261 e. The van der Waals surface area contributed by atoms with E-state index in [1.54, 1.807) is 11.3 Å². The summed E-state index contributed by atoms with van der Waals surface area (Å²) in [5.41, 5.74) is 0. The van der Waals surface area contributed by atoms with Crippen molar-refractivity contribution in [3.05, 3.63) is 21.9 Å². The van der Waals surface area contributed by atoms with Gasteiger partial charge in [-0.2, -0.15) is 0 Å². The van der Waals surface area contributed by atoms with Crippen molar-refractivity contribution in [3.63, 3.8) is 0 Å². The quantitative estimate of drug-likeness (QED) is 0.596. The van der Waals surface area contributed by atoms with Crippen molar-refractivity contribution in [2.45, 2.75) is 33.1 Å². The molecule has 0 aliphatic heterocycles. The van der Waals surface area contributed by atoms with Crippen LogP contribution in [0.5, 0.6) is 0 Å². The Balaban J connectivity index is 2.25. The van der Waals surface area contributed by atoms with Crippen LogP contribution in [0.2, 0.25) is 0 Å². The Morgan fingerprint density at radius 2 is 2.29 bits per heavy atom. The first-order valence-corrected chi connectivity index (χ1v) is 7.45. The molecule has 1 rings (SSSR count). The zero-order valence-corrected chi connectivity index (χ0v) is 12.0. The third-order valence-corrected chi connectivity index (χ3v) is 4.41. The van der Waals surface area contributed by atoms with Gasteiger partial charge in [-0.05, 0) is 37.3 Å². The minimum absolute atomic E-state index is 0.0493. The molecule has 0 bridgehead atoms. The van der Waals surface area contributed by atoms with E-state index >= 15 is 0 Å². The van der Waals surface area contributed by atoms with Crippen LogP contribution in [-0.2, 0) is 6.42 Å². The standard InChI is InChI=1S/C13H20ClNOS/c1-3-11-6-7-12(17-11)13(16)15-8-4-5-10(2)9-14/h6-7,10H,3-5,8-9H2,1-2H3,(H,15,16). The monoisotopic (exact) mass is 273 g/mol. The number of alkyl halides is 1. The van der Waals surface area contributed by atoms with Crippen molar-refractivity contribution in [1.82, 2.24) is 5.32 Å². The molecule has 17 heavy (non-hydrogen) atoms. The van der Waals surface area contributed by atoms with Gasteiger partial charge in [-0.15, -0.1) is 22.9 Å². The zero-order valence-electron chi connectivity index (χ0n) is 10.5. The van der Waals surface area contributed by atoms with E-state index in [9.17, 15) is 4.79 Å². The summed E-state index contributed by atoms with van der Waals surface area (Å²) < 4.78 is 0. The van der Waals surface area contributed by atoms with Crippen LogP contribution >= 0.6 is 22.9 Å². The highest BCUT2D eigenvalue weighted by atomic mass is 35.5. The molecule has 4 heteroatoms. The third-order valence-electron chi connectivity index (χ3n) is 2.66. The number of amides is 1. The lowest BCUT2D eigenvalue weighted by atomic mass is 10.1. The van der Waals surface area contributed by atoms with Crippen molar-refractivity contribution in [2.75, 3.05) is 12.4 Å². The highest BCUT2D eigenvalue weighted by Crippen LogP contribution is 2.16. The topological polar surface area (TPSA) is 29.1 Å². The molecule has 0 aliphatic carbocycles. The van der Waals surface area contributed by atoms with Crippen molar-refractivity contribution in [1.29, 1.82) is 0 Å². The molecule has 0 aliphatic rings. The number of nitrogens with one attached hydrogen (secondary N) is 1. The van der Waals surface area contributed by atoms with Gasteiger partial charge in [0.1, 0.15) is 0 Å². The van der Waals surface area contributed by atoms with Gasteiger partial charge in [0.2, 0.25) is 0 Å². The van der Waals surface area contributed by atoms with Crippen molar-refractivity contribution in [2.24, 2.45) is 5.92 Å². The molecule has 0 saturated carbocycles. The van der Waals surface area contributed by atoms with Gasteiger partial charge in [-0.3, -0.25) is 4.79 Å². The first-order valence-electron chi connectivity index (χ1n) is 6.10. The normalized spacial score (nSPS) is 12.4. The van der Waals surface area contributed by atoms with Crippen LogP contribution in [-0.4, -0.2) is 18.3 Å². The van der Waals surface area contributed by atoms with Crippen LogP contribution in [0, 0.1) is 5.92 Å². The Bertz CT molecular complexity index is 351. The Morgan fingerprint density at radius 3 is 2.88 bits per heavy atom. The van der Waals surface area contributed by atoms with Crippen LogP contribution in [0.4, 0.5) is 0 Å². The summed E-state index contributed by atoms with van der Waals surface area (Å²) in [6, 6.07) is 3.93. The highest BCUT2D eigenvalue weighted by molar-refractivity contribution is 7.14. The molecule has 0 spiro atoms. The fraction of sp³-hybridized carbons (Fsp3) is 0.615. The minimum atomic E-state index is 0.0493. The number of rotatable bonds is 7. The Morgan fingerprint density at radius 1 is 1.53 bits per heavy atom. The second kappa shape index (κ2) is 7.72. The van der Waals surface area contributed by atoms with E-state index < -0.39 is 0 Å². The first-order chi connectivity index (χ1) is 8.17. The van der Waals surface area contributed by atoms with Crippen molar-refractivity contribution in [3.8, 4) is 0 Å². The molecule has 96 valence electrons. The predicted molar refractivity (Wildman–Crippen MR) is 75.1 cm³/mol. The summed E-state index contributed by atoms with van der Waals surface area (Å²) in [5, 5.41) is 2.94. The van der Waals surface area contributed by atoms with E-state index in [0.717, 1.165) is 30.7 Å². The molecule has 2 nitrogen and oxygen atoms in total. The van der Waals surface area contributed by atoms with E-state index in [4.69, 9.17) is 11.6 Å². The maximum absolute atomic E-state index is 11.8. The Labute approximate surface area is 112 Å². The van der Waals surface area contributed by atoms with Crippen LogP contribution in [0.1, 0.15) is 41.2 Å². The molecule has 0 fully saturated rings. The summed E-state index contributed by atoms with van der Waals surface area (Å²) in [4.78, 5) is 13.8. The molecule has 1 amide bonds. The lowest BCUT2D eigenvalue weighted by Crippen LogP contribution is -2.23. The lowest BCUT2D eigenvalue weighted by molar-refractivity contribution is 0.0956. The number of hydrogen-bond donors (Lipinski definition) is 1. The summed E-state index contributed by atoms with van der Waals surface area (Å²) in [6.07, 6.45) is 3.05. The molecule has 1 unspecified atom stereocenters. The fourth-order valence-corrected chi connectivity index (χ4v) is 2.52. The molecule has 1 heterocycles. The fourth-order valence-electron chi connectivity index (χ4n) is 1.51. The average Bonchev–Trinajstić information content (AvgIpc) is 2.82. The summed E-state index contributed by atoms with van der Waals surface area (Å²) in [6.45, 7) is 4.96. The molecule has 1 aromatic heterocycles. The largest absolute Gasteiger partial charge is 0.351 e. The summed E-state index contributed by atoms with van der Waals surface area (Å²) in [5.74, 6) is 1.27. The van der Waals surface area contributed by atoms with E-state index in [-0.39, 0.29) is 5.91 Å². The second-order valence-corrected chi connectivity index (χ2v) is 5.75. The van der Waals surface area contributed by atoms with Gasteiger partial charge >= 0.3 is 0 Å². The number of hydrogen-bond acceptors (Lipinski definition) is 2. The summed E-state index contributed by atoms with van der Waals surface area (Å²) >= 11 is 7.30. The molecule has 1 N–H and O–H groups in total.